The largest absolute Gasteiger partial charge is 0.508 e. The molecule has 1 saturated heterocycles. The SMILES string of the molecule is COc1cccc(-c2ccc(O)c(CNCCN3CCCCC3)c2)n1. The van der Waals surface area contributed by atoms with Crippen LogP contribution in [-0.2, 0) is 6.54 Å². The van der Waals surface area contributed by atoms with Gasteiger partial charge < -0.3 is 20.1 Å². The average molecular weight is 341 g/mol. The van der Waals surface area contributed by atoms with E-state index in [-0.39, 0.29) is 0 Å². The minimum Gasteiger partial charge on any atom is -0.508 e. The molecular weight excluding hydrogens is 314 g/mol. The van der Waals surface area contributed by atoms with Gasteiger partial charge in [0.05, 0.1) is 12.8 Å². The Labute approximate surface area is 149 Å². The summed E-state index contributed by atoms with van der Waals surface area (Å²) in [6.07, 6.45) is 4.00. The Hall–Kier alpha value is -2.11. The van der Waals surface area contributed by atoms with Crippen LogP contribution in [-0.4, -0.2) is 48.3 Å². The number of likely N-dealkylation sites (tertiary alicyclic amines) is 1. The number of pyridine rings is 1. The van der Waals surface area contributed by atoms with Crippen molar-refractivity contribution >= 4 is 0 Å². The first kappa shape index (κ1) is 17.7. The van der Waals surface area contributed by atoms with E-state index in [0.29, 0.717) is 18.2 Å². The number of methoxy groups -OCH3 is 1. The lowest BCUT2D eigenvalue weighted by atomic mass is 10.1. The zero-order valence-electron chi connectivity index (χ0n) is 14.9. The van der Waals surface area contributed by atoms with Gasteiger partial charge >= 0.3 is 0 Å². The van der Waals surface area contributed by atoms with Gasteiger partial charge in [0.1, 0.15) is 5.75 Å². The molecule has 0 spiro atoms. The minimum atomic E-state index is 0.317. The summed E-state index contributed by atoms with van der Waals surface area (Å²) in [6.45, 7) is 5.07. The minimum absolute atomic E-state index is 0.317. The number of hydrogen-bond donors (Lipinski definition) is 2. The fourth-order valence-corrected chi connectivity index (χ4v) is 3.22. The first-order valence-electron chi connectivity index (χ1n) is 9.02. The summed E-state index contributed by atoms with van der Waals surface area (Å²) in [5, 5.41) is 13.6. The maximum Gasteiger partial charge on any atom is 0.213 e. The Morgan fingerprint density at radius 2 is 2.00 bits per heavy atom. The molecule has 1 fully saturated rings. The van der Waals surface area contributed by atoms with E-state index in [1.165, 1.54) is 32.4 Å². The molecule has 3 rings (SSSR count). The molecule has 0 bridgehead atoms. The molecule has 25 heavy (non-hydrogen) atoms. The Bertz CT molecular complexity index is 684. The number of phenols is 1. The molecule has 0 unspecified atom stereocenters. The molecule has 2 heterocycles. The Morgan fingerprint density at radius 1 is 1.16 bits per heavy atom. The van der Waals surface area contributed by atoms with Crippen LogP contribution in [0.25, 0.3) is 11.3 Å². The van der Waals surface area contributed by atoms with Crippen LogP contribution in [0.4, 0.5) is 0 Å². The van der Waals surface area contributed by atoms with Crippen LogP contribution in [0, 0.1) is 0 Å². The summed E-state index contributed by atoms with van der Waals surface area (Å²) in [4.78, 5) is 6.97. The highest BCUT2D eigenvalue weighted by molar-refractivity contribution is 5.62. The number of benzene rings is 1. The monoisotopic (exact) mass is 341 g/mol. The van der Waals surface area contributed by atoms with E-state index in [1.807, 2.05) is 30.3 Å². The topological polar surface area (TPSA) is 57.6 Å². The zero-order valence-corrected chi connectivity index (χ0v) is 14.9. The van der Waals surface area contributed by atoms with E-state index in [0.717, 1.165) is 29.9 Å². The predicted octanol–water partition coefficient (Wildman–Crippen LogP) is 3.04. The third kappa shape index (κ3) is 4.94. The Kier molecular flexibility index (Phi) is 6.25. The summed E-state index contributed by atoms with van der Waals surface area (Å²) in [6, 6.07) is 11.3. The summed E-state index contributed by atoms with van der Waals surface area (Å²) in [5.74, 6) is 0.906. The van der Waals surface area contributed by atoms with Crippen LogP contribution in [0.3, 0.4) is 0 Å². The van der Waals surface area contributed by atoms with Crippen LogP contribution >= 0.6 is 0 Å². The quantitative estimate of drug-likeness (QED) is 0.758. The second-order valence-electron chi connectivity index (χ2n) is 6.49. The number of rotatable bonds is 7. The Balaban J connectivity index is 1.59. The molecule has 0 atom stereocenters. The number of nitrogens with zero attached hydrogens (tertiary/aromatic N) is 2. The molecule has 1 aliphatic rings. The van der Waals surface area contributed by atoms with E-state index >= 15 is 0 Å². The van der Waals surface area contributed by atoms with Crippen molar-refractivity contribution < 1.29 is 9.84 Å². The standard InChI is InChI=1S/C20H27N3O2/c1-25-20-7-5-6-18(22-20)16-8-9-19(24)17(14-16)15-21-10-13-23-11-3-2-4-12-23/h5-9,14,21,24H,2-4,10-13,15H2,1H3. The summed E-state index contributed by atoms with van der Waals surface area (Å²) in [5.41, 5.74) is 2.71. The molecule has 1 aliphatic heterocycles. The first-order valence-corrected chi connectivity index (χ1v) is 9.02. The summed E-state index contributed by atoms with van der Waals surface area (Å²) >= 11 is 0. The molecule has 134 valence electrons. The molecule has 1 aromatic heterocycles. The highest BCUT2D eigenvalue weighted by atomic mass is 16.5. The normalized spacial score (nSPS) is 15.2. The molecule has 2 aromatic rings. The average Bonchev–Trinajstić information content (AvgIpc) is 2.67. The van der Waals surface area contributed by atoms with Gasteiger partial charge in [0.15, 0.2) is 0 Å². The van der Waals surface area contributed by atoms with Gasteiger partial charge in [-0.25, -0.2) is 4.98 Å². The van der Waals surface area contributed by atoms with Gasteiger partial charge in [-0.2, -0.15) is 0 Å². The highest BCUT2D eigenvalue weighted by Gasteiger charge is 2.10. The summed E-state index contributed by atoms with van der Waals surface area (Å²) < 4.78 is 5.19. The van der Waals surface area contributed by atoms with E-state index in [9.17, 15) is 5.11 Å². The van der Waals surface area contributed by atoms with Gasteiger partial charge in [-0.05, 0) is 50.2 Å². The van der Waals surface area contributed by atoms with Crippen molar-refractivity contribution in [1.29, 1.82) is 0 Å². The van der Waals surface area contributed by atoms with E-state index in [2.05, 4.69) is 15.2 Å². The number of ether oxygens (including phenoxy) is 1. The smallest absolute Gasteiger partial charge is 0.213 e. The fourth-order valence-electron chi connectivity index (χ4n) is 3.22. The van der Waals surface area contributed by atoms with Crippen LogP contribution < -0.4 is 10.1 Å². The molecule has 0 amide bonds. The van der Waals surface area contributed by atoms with Crippen LogP contribution in [0.2, 0.25) is 0 Å². The van der Waals surface area contributed by atoms with Crippen molar-refractivity contribution in [3.63, 3.8) is 0 Å². The number of aromatic nitrogens is 1. The summed E-state index contributed by atoms with van der Waals surface area (Å²) in [7, 11) is 1.61. The number of nitrogens with one attached hydrogen (secondary N) is 1. The van der Waals surface area contributed by atoms with Crippen molar-refractivity contribution in [1.82, 2.24) is 15.2 Å². The van der Waals surface area contributed by atoms with Crippen molar-refractivity contribution in [3.8, 4) is 22.9 Å². The molecule has 0 aliphatic carbocycles. The second-order valence-corrected chi connectivity index (χ2v) is 6.49. The maximum atomic E-state index is 10.1. The number of piperidine rings is 1. The van der Waals surface area contributed by atoms with Gasteiger partial charge in [0.2, 0.25) is 5.88 Å². The third-order valence-corrected chi connectivity index (χ3v) is 4.68. The van der Waals surface area contributed by atoms with Crippen molar-refractivity contribution in [2.24, 2.45) is 0 Å². The second kappa shape index (κ2) is 8.83. The van der Waals surface area contributed by atoms with Gasteiger partial charge in [0.25, 0.3) is 0 Å². The molecule has 0 saturated carbocycles. The van der Waals surface area contributed by atoms with Crippen LogP contribution in [0.1, 0.15) is 24.8 Å². The lowest BCUT2D eigenvalue weighted by Gasteiger charge is -2.26. The molecule has 2 N–H and O–H groups in total. The molecule has 0 radical (unpaired) electrons. The van der Waals surface area contributed by atoms with Gasteiger partial charge in [-0.1, -0.05) is 12.5 Å². The molecule has 5 heteroatoms. The van der Waals surface area contributed by atoms with E-state index in [1.54, 1.807) is 13.2 Å². The molecule has 5 nitrogen and oxygen atoms in total. The van der Waals surface area contributed by atoms with Gasteiger partial charge in [-0.15, -0.1) is 0 Å². The zero-order chi connectivity index (χ0) is 17.5. The predicted molar refractivity (Wildman–Crippen MR) is 99.9 cm³/mol. The third-order valence-electron chi connectivity index (χ3n) is 4.68. The maximum absolute atomic E-state index is 10.1. The number of aromatic hydroxyl groups is 1. The lowest BCUT2D eigenvalue weighted by molar-refractivity contribution is 0.229. The fraction of sp³-hybridized carbons (Fsp3) is 0.450. The van der Waals surface area contributed by atoms with E-state index < -0.39 is 0 Å². The van der Waals surface area contributed by atoms with Gasteiger partial charge in [0, 0.05) is 36.8 Å². The van der Waals surface area contributed by atoms with Crippen molar-refractivity contribution in [3.05, 3.63) is 42.0 Å². The lowest BCUT2D eigenvalue weighted by Crippen LogP contribution is -2.35. The van der Waals surface area contributed by atoms with Gasteiger partial charge in [-0.3, -0.25) is 0 Å². The number of hydrogen-bond acceptors (Lipinski definition) is 5. The first-order chi connectivity index (χ1) is 12.3. The molecule has 1 aromatic carbocycles. The van der Waals surface area contributed by atoms with Crippen LogP contribution in [0.5, 0.6) is 11.6 Å². The van der Waals surface area contributed by atoms with Crippen LogP contribution in [0.15, 0.2) is 36.4 Å². The van der Waals surface area contributed by atoms with Crippen molar-refractivity contribution in [2.75, 3.05) is 33.3 Å². The van der Waals surface area contributed by atoms with Crippen molar-refractivity contribution in [2.45, 2.75) is 25.8 Å². The van der Waals surface area contributed by atoms with E-state index in [4.69, 9.17) is 4.74 Å². The Morgan fingerprint density at radius 3 is 2.80 bits per heavy atom. The molecular formula is C20H27N3O2. The highest BCUT2D eigenvalue weighted by Crippen LogP contribution is 2.26. The number of phenolic OH excluding ortho intramolecular Hbond substituents is 1.